The smallest absolute Gasteiger partial charge is 0.322 e. The Kier molecular flexibility index (Phi) is 5.98. The van der Waals surface area contributed by atoms with Crippen LogP contribution in [0, 0.1) is 0 Å². The summed E-state index contributed by atoms with van der Waals surface area (Å²) < 4.78 is 5.72. The van der Waals surface area contributed by atoms with Gasteiger partial charge in [-0.2, -0.15) is 4.98 Å². The van der Waals surface area contributed by atoms with Crippen LogP contribution in [0.5, 0.6) is 0 Å². The van der Waals surface area contributed by atoms with Crippen molar-refractivity contribution in [2.45, 2.75) is 19.4 Å². The Balaban J connectivity index is 1.55. The van der Waals surface area contributed by atoms with Crippen molar-refractivity contribution >= 4 is 34.5 Å². The molecule has 0 saturated carbocycles. The van der Waals surface area contributed by atoms with Gasteiger partial charge < -0.3 is 9.84 Å². The van der Waals surface area contributed by atoms with Crippen LogP contribution < -0.4 is 5.32 Å². The van der Waals surface area contributed by atoms with E-state index in [4.69, 9.17) is 16.1 Å². The molecule has 0 spiro atoms. The zero-order valence-electron chi connectivity index (χ0n) is 17.9. The maximum atomic E-state index is 13.1. The first-order valence-electron chi connectivity index (χ1n) is 10.6. The summed E-state index contributed by atoms with van der Waals surface area (Å²) in [5.41, 5.74) is 3.32. The number of nitrogens with one attached hydrogen (secondary N) is 1. The van der Waals surface area contributed by atoms with Crippen LogP contribution in [-0.2, 0) is 6.42 Å². The maximum Gasteiger partial charge on any atom is 0.322 e. The van der Waals surface area contributed by atoms with Crippen LogP contribution in [0.25, 0.3) is 17.0 Å². The second-order valence-corrected chi connectivity index (χ2v) is 9.17. The van der Waals surface area contributed by atoms with Crippen LogP contribution >= 0.6 is 22.9 Å². The van der Waals surface area contributed by atoms with Gasteiger partial charge in [0.1, 0.15) is 0 Å². The molecule has 1 N–H and O–H groups in total. The standard InChI is InChI=1S/C25H21ClN4O2S/c1-16-21(24-28-23(29-32-24)18-6-3-2-4-7-18)22(17-9-11-19(26)12-10-17)27-25(31)30(16)14-13-20-8-5-15-33-20/h2-12,15,22H,13-14H2,1H3,(H,27,31). The fraction of sp³-hybridized carbons (Fsp3) is 0.160. The summed E-state index contributed by atoms with van der Waals surface area (Å²) in [7, 11) is 0. The Hall–Kier alpha value is -3.42. The Morgan fingerprint density at radius 3 is 2.61 bits per heavy atom. The van der Waals surface area contributed by atoms with Crippen molar-refractivity contribution in [3.05, 3.63) is 99.2 Å². The second-order valence-electron chi connectivity index (χ2n) is 7.70. The lowest BCUT2D eigenvalue weighted by molar-refractivity contribution is 0.205. The van der Waals surface area contributed by atoms with Gasteiger partial charge >= 0.3 is 6.03 Å². The van der Waals surface area contributed by atoms with Crippen LogP contribution in [-0.4, -0.2) is 27.6 Å². The lowest BCUT2D eigenvalue weighted by atomic mass is 9.94. The highest BCUT2D eigenvalue weighted by Gasteiger charge is 2.35. The fourth-order valence-electron chi connectivity index (χ4n) is 3.95. The molecule has 4 aromatic rings. The molecule has 8 heteroatoms. The predicted molar refractivity (Wildman–Crippen MR) is 130 cm³/mol. The van der Waals surface area contributed by atoms with Gasteiger partial charge in [0.05, 0.1) is 11.6 Å². The van der Waals surface area contributed by atoms with Gasteiger partial charge in [-0.25, -0.2) is 4.79 Å². The Bertz CT molecular complexity index is 1280. The summed E-state index contributed by atoms with van der Waals surface area (Å²) in [5.74, 6) is 0.884. The molecular weight excluding hydrogens is 456 g/mol. The minimum absolute atomic E-state index is 0.157. The minimum atomic E-state index is -0.433. The van der Waals surface area contributed by atoms with Gasteiger partial charge in [0.25, 0.3) is 5.89 Å². The minimum Gasteiger partial charge on any atom is -0.334 e. The summed E-state index contributed by atoms with van der Waals surface area (Å²) >= 11 is 7.78. The zero-order chi connectivity index (χ0) is 22.8. The van der Waals surface area contributed by atoms with Crippen LogP contribution in [0.2, 0.25) is 5.02 Å². The molecule has 2 aromatic carbocycles. The number of thiophene rings is 1. The molecule has 0 bridgehead atoms. The topological polar surface area (TPSA) is 71.3 Å². The number of carbonyl (C=O) groups excluding carboxylic acids is 1. The molecule has 5 rings (SSSR count). The van der Waals surface area contributed by atoms with E-state index < -0.39 is 6.04 Å². The van der Waals surface area contributed by atoms with E-state index in [-0.39, 0.29) is 6.03 Å². The third-order valence-corrected chi connectivity index (χ3v) is 6.84. The maximum absolute atomic E-state index is 13.1. The monoisotopic (exact) mass is 476 g/mol. The SMILES string of the molecule is CC1=C(c2nc(-c3ccccc3)no2)C(c2ccc(Cl)cc2)NC(=O)N1CCc1cccs1. The summed E-state index contributed by atoms with van der Waals surface area (Å²) in [6.45, 7) is 2.48. The number of hydrogen-bond acceptors (Lipinski definition) is 5. The molecule has 0 saturated heterocycles. The van der Waals surface area contributed by atoms with E-state index in [0.717, 1.165) is 28.8 Å². The third kappa shape index (κ3) is 4.42. The van der Waals surface area contributed by atoms with E-state index >= 15 is 0 Å². The predicted octanol–water partition coefficient (Wildman–Crippen LogP) is 6.19. The quantitative estimate of drug-likeness (QED) is 0.360. The molecule has 6 nitrogen and oxygen atoms in total. The van der Waals surface area contributed by atoms with Crippen molar-refractivity contribution in [1.82, 2.24) is 20.4 Å². The molecule has 2 amide bonds. The molecule has 0 radical (unpaired) electrons. The van der Waals surface area contributed by atoms with Crippen LogP contribution in [0.15, 0.2) is 82.3 Å². The number of allylic oxidation sites excluding steroid dienone is 1. The number of halogens is 1. The van der Waals surface area contributed by atoms with Crippen LogP contribution in [0.1, 0.15) is 29.3 Å². The van der Waals surface area contributed by atoms with Crippen LogP contribution in [0.3, 0.4) is 0 Å². The molecular formula is C25H21ClN4O2S. The van der Waals surface area contributed by atoms with Gasteiger partial charge in [-0.05, 0) is 42.5 Å². The van der Waals surface area contributed by atoms with Gasteiger partial charge in [0.2, 0.25) is 5.82 Å². The fourth-order valence-corrected chi connectivity index (χ4v) is 4.77. The second kappa shape index (κ2) is 9.21. The van der Waals surface area contributed by atoms with E-state index in [2.05, 4.69) is 21.5 Å². The van der Waals surface area contributed by atoms with E-state index in [1.807, 2.05) is 73.0 Å². The summed E-state index contributed by atoms with van der Waals surface area (Å²) in [6, 6.07) is 20.6. The van der Waals surface area contributed by atoms with E-state index in [9.17, 15) is 4.79 Å². The summed E-state index contributed by atoms with van der Waals surface area (Å²) in [6.07, 6.45) is 0.764. The summed E-state index contributed by atoms with van der Waals surface area (Å²) in [5, 5.41) is 9.99. The molecule has 0 aliphatic carbocycles. The van der Waals surface area contributed by atoms with E-state index in [0.29, 0.717) is 23.3 Å². The van der Waals surface area contributed by atoms with Crippen molar-refractivity contribution in [3.63, 3.8) is 0 Å². The van der Waals surface area contributed by atoms with Crippen molar-refractivity contribution in [1.29, 1.82) is 0 Å². The zero-order valence-corrected chi connectivity index (χ0v) is 19.4. The van der Waals surface area contributed by atoms with E-state index in [1.165, 1.54) is 4.88 Å². The number of carbonyl (C=O) groups is 1. The molecule has 1 aliphatic heterocycles. The number of urea groups is 1. The van der Waals surface area contributed by atoms with Crippen molar-refractivity contribution in [2.75, 3.05) is 6.54 Å². The normalized spacial score (nSPS) is 16.2. The highest BCUT2D eigenvalue weighted by atomic mass is 35.5. The number of rotatable bonds is 6. The lowest BCUT2D eigenvalue weighted by Crippen LogP contribution is -2.46. The average Bonchev–Trinajstić information content (AvgIpc) is 3.52. The van der Waals surface area contributed by atoms with Crippen molar-refractivity contribution < 1.29 is 9.32 Å². The number of amides is 2. The molecule has 0 fully saturated rings. The highest BCUT2D eigenvalue weighted by Crippen LogP contribution is 2.37. The first-order valence-corrected chi connectivity index (χ1v) is 11.8. The molecule has 1 unspecified atom stereocenters. The van der Waals surface area contributed by atoms with Crippen molar-refractivity contribution in [2.24, 2.45) is 0 Å². The highest BCUT2D eigenvalue weighted by molar-refractivity contribution is 7.09. The Morgan fingerprint density at radius 1 is 1.09 bits per heavy atom. The molecule has 1 atom stereocenters. The molecule has 33 heavy (non-hydrogen) atoms. The first-order chi connectivity index (χ1) is 16.1. The Labute approximate surface area is 200 Å². The lowest BCUT2D eigenvalue weighted by Gasteiger charge is -2.35. The van der Waals surface area contributed by atoms with Gasteiger partial charge in [-0.1, -0.05) is 65.3 Å². The van der Waals surface area contributed by atoms with Gasteiger partial charge in [-0.15, -0.1) is 11.3 Å². The molecule has 2 aromatic heterocycles. The number of benzene rings is 2. The number of nitrogens with zero attached hydrogens (tertiary/aromatic N) is 3. The number of aromatic nitrogens is 2. The first kappa shape index (κ1) is 21.4. The van der Waals surface area contributed by atoms with E-state index in [1.54, 1.807) is 16.2 Å². The third-order valence-electron chi connectivity index (χ3n) is 5.65. The molecule has 166 valence electrons. The largest absolute Gasteiger partial charge is 0.334 e. The van der Waals surface area contributed by atoms with Gasteiger partial charge in [0, 0.05) is 27.7 Å². The summed E-state index contributed by atoms with van der Waals surface area (Å²) in [4.78, 5) is 20.8. The molecule has 1 aliphatic rings. The Morgan fingerprint density at radius 2 is 1.88 bits per heavy atom. The van der Waals surface area contributed by atoms with Crippen LogP contribution in [0.4, 0.5) is 4.79 Å². The van der Waals surface area contributed by atoms with Crippen molar-refractivity contribution in [3.8, 4) is 11.4 Å². The number of hydrogen-bond donors (Lipinski definition) is 1. The average molecular weight is 477 g/mol. The molecule has 3 heterocycles. The van der Waals surface area contributed by atoms with Gasteiger partial charge in [-0.3, -0.25) is 4.90 Å². The van der Waals surface area contributed by atoms with Gasteiger partial charge in [0.15, 0.2) is 0 Å².